The maximum absolute atomic E-state index is 11.1. The van der Waals surface area contributed by atoms with E-state index in [1.54, 1.807) is 0 Å². The van der Waals surface area contributed by atoms with Gasteiger partial charge in [-0.3, -0.25) is 0 Å². The quantitative estimate of drug-likeness (QED) is 0.155. The first-order valence-electron chi connectivity index (χ1n) is 46.0. The molecule has 0 unspecified atom stereocenters. The number of nitrogens with zero attached hydrogens (tertiary/aromatic N) is 6. The Morgan fingerprint density at radius 3 is 0.885 bits per heavy atom. The molecule has 2 aliphatic heterocycles. The van der Waals surface area contributed by atoms with Crippen molar-refractivity contribution in [2.45, 2.75) is 183 Å². The zero-order valence-electron chi connectivity index (χ0n) is 81.1. The molecule has 0 bridgehead atoms. The van der Waals surface area contributed by atoms with Crippen molar-refractivity contribution in [1.29, 1.82) is 0 Å². The van der Waals surface area contributed by atoms with Gasteiger partial charge in [0.25, 0.3) is 6.71 Å². The van der Waals surface area contributed by atoms with Crippen LogP contribution in [0.4, 0.5) is 34.1 Å². The van der Waals surface area contributed by atoms with Crippen LogP contribution in [0.2, 0.25) is 0 Å². The van der Waals surface area contributed by atoms with Crippen molar-refractivity contribution in [1.82, 2.24) is 18.3 Å². The van der Waals surface area contributed by atoms with Crippen molar-refractivity contribution in [3.8, 4) is 22.7 Å². The van der Waals surface area contributed by atoms with Gasteiger partial charge in [-0.1, -0.05) is 267 Å². The molecule has 19 rings (SSSR count). The largest absolute Gasteiger partial charge is 0.309 e. The molecule has 2 aliphatic rings. The fraction of sp³-hybridized carbons (Fsp3) is 0.264. The minimum Gasteiger partial charge on any atom is -0.309 e. The second-order valence-electron chi connectivity index (χ2n) is 39.1. The number of hydrogen-bond donors (Lipinski definition) is 0. The Morgan fingerprint density at radius 2 is 0.566 bits per heavy atom. The van der Waals surface area contributed by atoms with Crippen LogP contribution >= 0.6 is 0 Å². The number of fused-ring (bicyclic) bond motifs is 16. The molecule has 13 aromatic carbocycles. The first kappa shape index (κ1) is 59.5. The van der Waals surface area contributed by atoms with Crippen molar-refractivity contribution < 1.29 is 16.4 Å². The smallest absolute Gasteiger partial charge is 0.252 e. The average molecular weight is 1490 g/mol. The van der Waals surface area contributed by atoms with Gasteiger partial charge in [-0.25, -0.2) is 0 Å². The summed E-state index contributed by atoms with van der Waals surface area (Å²) < 4.78 is 134. The fourth-order valence-electron chi connectivity index (χ4n) is 17.7. The predicted octanol–water partition coefficient (Wildman–Crippen LogP) is 27.2. The number of aromatic nitrogens is 4. The zero-order chi connectivity index (χ0) is 89.5. The minimum absolute atomic E-state index is 0.0144. The van der Waals surface area contributed by atoms with Gasteiger partial charge >= 0.3 is 0 Å². The van der Waals surface area contributed by atoms with Crippen LogP contribution in [0.1, 0.15) is 201 Å². The Balaban J connectivity index is 1.04. The van der Waals surface area contributed by atoms with Crippen LogP contribution < -0.4 is 26.2 Å². The van der Waals surface area contributed by atoms with Crippen LogP contribution in [0.25, 0.3) is 110 Å². The molecule has 0 aliphatic carbocycles. The molecule has 0 saturated carbocycles. The predicted molar refractivity (Wildman–Crippen MR) is 489 cm³/mol. The molecule has 0 spiro atoms. The van der Waals surface area contributed by atoms with Crippen molar-refractivity contribution in [2.75, 3.05) is 9.80 Å². The number of anilines is 6. The van der Waals surface area contributed by atoms with Gasteiger partial charge in [0.1, 0.15) is 0 Å². The van der Waals surface area contributed by atoms with Gasteiger partial charge in [0.2, 0.25) is 0 Å². The molecule has 0 saturated heterocycles. The topological polar surface area (TPSA) is 26.2 Å². The van der Waals surface area contributed by atoms with Gasteiger partial charge in [-0.05, 0) is 227 Å². The van der Waals surface area contributed by atoms with E-state index in [0.717, 1.165) is 71.5 Å². The highest BCUT2D eigenvalue weighted by Gasteiger charge is 2.46. The van der Waals surface area contributed by atoms with E-state index in [1.807, 2.05) is 111 Å². The van der Waals surface area contributed by atoms with Gasteiger partial charge in [0.15, 0.2) is 0 Å². The van der Waals surface area contributed by atoms with Crippen LogP contribution in [0.3, 0.4) is 0 Å². The molecule has 4 aromatic heterocycles. The average Bonchev–Trinajstić information content (AvgIpc) is 1.65. The third-order valence-electron chi connectivity index (χ3n) is 24.0. The Bertz CT molecular complexity index is 7030. The second kappa shape index (κ2) is 24.6. The van der Waals surface area contributed by atoms with E-state index < -0.39 is 35.0 Å². The summed E-state index contributed by atoms with van der Waals surface area (Å²) in [6.45, 7) is 44.2. The maximum Gasteiger partial charge on any atom is 0.252 e. The summed E-state index contributed by atoms with van der Waals surface area (Å²) in [6, 6.07) is 61.0. The first-order chi connectivity index (χ1) is 58.5. The molecule has 113 heavy (non-hydrogen) atoms. The van der Waals surface area contributed by atoms with E-state index in [1.165, 1.54) is 22.3 Å². The van der Waals surface area contributed by atoms with Crippen molar-refractivity contribution in [3.05, 3.63) is 293 Å². The molecular weight excluding hydrogens is 1370 g/mol. The molecule has 7 heteroatoms. The maximum atomic E-state index is 11.1. The Hall–Kier alpha value is -11.3. The van der Waals surface area contributed by atoms with E-state index in [-0.39, 0.29) is 137 Å². The summed E-state index contributed by atoms with van der Waals surface area (Å²) in [5, 5.41) is 4.85. The fourth-order valence-corrected chi connectivity index (χ4v) is 17.7. The summed E-state index contributed by atoms with van der Waals surface area (Å²) in [5.41, 5.74) is 15.6. The van der Waals surface area contributed by atoms with Crippen molar-refractivity contribution >= 4 is 144 Å². The highest BCUT2D eigenvalue weighted by atomic mass is 15.2. The highest BCUT2D eigenvalue weighted by molar-refractivity contribution is 7.00. The highest BCUT2D eigenvalue weighted by Crippen LogP contribution is 2.53. The van der Waals surface area contributed by atoms with Gasteiger partial charge in [0, 0.05) is 88.6 Å². The van der Waals surface area contributed by atoms with Crippen LogP contribution in [0, 0.1) is 0 Å². The lowest BCUT2D eigenvalue weighted by atomic mass is 9.33. The lowest BCUT2D eigenvalue weighted by molar-refractivity contribution is 0.590. The van der Waals surface area contributed by atoms with E-state index in [2.05, 4.69) is 244 Å². The van der Waals surface area contributed by atoms with Crippen LogP contribution in [0.15, 0.2) is 255 Å². The Morgan fingerprint density at radius 1 is 0.239 bits per heavy atom. The monoisotopic (exact) mass is 1480 g/mol. The number of benzene rings is 13. The van der Waals surface area contributed by atoms with Gasteiger partial charge < -0.3 is 28.1 Å². The third kappa shape index (κ3) is 11.3. The van der Waals surface area contributed by atoms with Gasteiger partial charge in [0.05, 0.1) is 72.0 Å². The summed E-state index contributed by atoms with van der Waals surface area (Å²) >= 11 is 0. The minimum atomic E-state index is -0.823. The molecule has 562 valence electrons. The molecule has 0 fully saturated rings. The van der Waals surface area contributed by atoms with Crippen LogP contribution in [-0.4, -0.2) is 25.0 Å². The molecule has 17 aromatic rings. The van der Waals surface area contributed by atoms with Crippen molar-refractivity contribution in [2.24, 2.45) is 0 Å². The van der Waals surface area contributed by atoms with E-state index in [0.29, 0.717) is 50.7 Å². The lowest BCUT2D eigenvalue weighted by Crippen LogP contribution is -2.61. The van der Waals surface area contributed by atoms with Crippen LogP contribution in [0.5, 0.6) is 0 Å². The number of para-hydroxylation sites is 4. The van der Waals surface area contributed by atoms with Crippen molar-refractivity contribution in [3.63, 3.8) is 0 Å². The molecule has 0 N–H and O–H groups in total. The molecule has 0 atom stereocenters. The standard InChI is InChI=1S/C106H105BN6/c1-100(2,3)64-40-50-85-79(54-64)80-55-65(101(4,5)6)41-51-86(80)108(85)73-44-48-83-93(62-73)112(89-36-28-34-77-75-46-38-68(104(13,14)15)58-91(75)110(98(77)89)71-30-24-22-25-31-71)95-60-70(106(19,20)21)61-96-97(95)107(83)84-49-45-74(109-87-52-42-66(102(7,8)9)56-81(87)82-57-67(103(10,11)12)43-53-88(82)109)63-94(84)113(96)90-37-29-35-78-76-47-39-69(105(16,17)18)59-92(76)111(99(78)90)72-32-26-23-27-33-72/h22-63H,1-21H3/i28D,29D,34D,35D,36D,37D,38D,39D,46D,47D,58D,59D. The summed E-state index contributed by atoms with van der Waals surface area (Å²) in [4.78, 5) is 4.20. The SMILES string of the molecule is [2H]c1c(C(C)(C)C)c([2H])c2c(c1[2H])c1c([2H])c([2H])c([2H])c(N3c4cc(-n5c6ccc(C(C)(C)C)cc6c6cc(C(C)(C)C)ccc65)ccc4B4c5ccc(-n6c7ccc(C(C)(C)C)cc7c7cc(C(C)(C)C)ccc76)cc5N(c5c([2H])c([2H])c([2H])c6c7c([2H])c([2H])c(C(C)(C)C)c([2H])c7n(-c7ccccc7)c56)c5cc(C(C)(C)C)cc3c54)c1n2-c1ccccc1. The van der Waals surface area contributed by atoms with E-state index in [9.17, 15) is 16.4 Å². The normalized spacial score (nSPS) is 15.3. The summed E-state index contributed by atoms with van der Waals surface area (Å²) in [7, 11) is 0. The third-order valence-corrected chi connectivity index (χ3v) is 24.0. The Kier molecular flexibility index (Phi) is 13.0. The lowest BCUT2D eigenvalue weighted by Gasteiger charge is -2.45. The van der Waals surface area contributed by atoms with Gasteiger partial charge in [-0.2, -0.15) is 0 Å². The molecule has 0 amide bonds. The Labute approximate surface area is 684 Å². The number of rotatable bonds is 6. The van der Waals surface area contributed by atoms with Gasteiger partial charge in [-0.15, -0.1) is 0 Å². The van der Waals surface area contributed by atoms with E-state index in [4.69, 9.17) is 0 Å². The zero-order valence-corrected chi connectivity index (χ0v) is 69.1. The summed E-state index contributed by atoms with van der Waals surface area (Å²) in [6.07, 6.45) is 0. The molecule has 0 radical (unpaired) electrons. The van der Waals surface area contributed by atoms with E-state index >= 15 is 0 Å². The molecule has 6 heterocycles. The molecular formula is C106H105BN6. The van der Waals surface area contributed by atoms with Crippen LogP contribution in [-0.2, 0) is 37.9 Å². The summed E-state index contributed by atoms with van der Waals surface area (Å²) in [5.74, 6) is 0. The second-order valence-corrected chi connectivity index (χ2v) is 39.1. The molecule has 6 nitrogen and oxygen atoms in total. The first-order valence-corrected chi connectivity index (χ1v) is 40.0. The number of hydrogen-bond acceptors (Lipinski definition) is 2.